The lowest BCUT2D eigenvalue weighted by Crippen LogP contribution is -1.89. The lowest BCUT2D eigenvalue weighted by molar-refractivity contribution is 0.996. The van der Waals surface area contributed by atoms with Crippen LogP contribution in [-0.2, 0) is 6.42 Å². The fourth-order valence-corrected chi connectivity index (χ4v) is 1.11. The predicted molar refractivity (Wildman–Crippen MR) is 43.9 cm³/mol. The highest BCUT2D eigenvalue weighted by molar-refractivity contribution is 5.55. The lowest BCUT2D eigenvalue weighted by atomic mass is 10.1. The molecule has 0 saturated heterocycles. The van der Waals surface area contributed by atoms with E-state index in [1.807, 2.05) is 24.4 Å². The van der Waals surface area contributed by atoms with Crippen LogP contribution in [0.4, 0.5) is 0 Å². The molecule has 0 spiro atoms. The van der Waals surface area contributed by atoms with Crippen molar-refractivity contribution in [1.82, 2.24) is 10.2 Å². The molecule has 0 aliphatic heterocycles. The second-order valence-corrected chi connectivity index (χ2v) is 2.46. The largest absolute Gasteiger partial charge is 0.159 e. The fraction of sp³-hybridized carbons (Fsp3) is 0.111. The van der Waals surface area contributed by atoms with E-state index in [9.17, 15) is 0 Å². The van der Waals surface area contributed by atoms with Gasteiger partial charge in [0.2, 0.25) is 0 Å². The Morgan fingerprint density at radius 3 is 3.00 bits per heavy atom. The van der Waals surface area contributed by atoms with Crippen LogP contribution in [0.15, 0.2) is 30.6 Å². The molecule has 1 aromatic heterocycles. The third-order valence-corrected chi connectivity index (χ3v) is 1.71. The molecule has 0 bridgehead atoms. The van der Waals surface area contributed by atoms with Gasteiger partial charge in [-0.2, -0.15) is 10.2 Å². The first kappa shape index (κ1) is 6.28. The van der Waals surface area contributed by atoms with E-state index >= 15 is 0 Å². The minimum Gasteiger partial charge on any atom is -0.159 e. The Balaban J connectivity index is 2.52. The van der Waals surface area contributed by atoms with E-state index in [2.05, 4.69) is 16.3 Å². The summed E-state index contributed by atoms with van der Waals surface area (Å²) >= 11 is 0. The fourth-order valence-electron chi connectivity index (χ4n) is 1.11. The van der Waals surface area contributed by atoms with Crippen LogP contribution in [0, 0.1) is 0 Å². The highest BCUT2D eigenvalue weighted by Gasteiger charge is 1.98. The van der Waals surface area contributed by atoms with E-state index in [0.717, 1.165) is 6.42 Å². The molecule has 0 amide bonds. The first-order valence-corrected chi connectivity index (χ1v) is 3.59. The second-order valence-electron chi connectivity index (χ2n) is 2.46. The Morgan fingerprint density at radius 2 is 2.00 bits per heavy atom. The summed E-state index contributed by atoms with van der Waals surface area (Å²) in [6.45, 7) is 0. The average molecular weight is 144 g/mol. The minimum absolute atomic E-state index is 0.956. The van der Waals surface area contributed by atoms with Gasteiger partial charge in [0.1, 0.15) is 0 Å². The molecule has 0 atom stereocenters. The molecule has 0 radical (unpaired) electrons. The molecule has 1 aliphatic rings. The van der Waals surface area contributed by atoms with Gasteiger partial charge in [-0.15, -0.1) is 0 Å². The third kappa shape index (κ3) is 1.19. The summed E-state index contributed by atoms with van der Waals surface area (Å²) < 4.78 is 0. The van der Waals surface area contributed by atoms with Gasteiger partial charge in [-0.25, -0.2) is 0 Å². The van der Waals surface area contributed by atoms with Gasteiger partial charge in [-0.05, 0) is 17.5 Å². The van der Waals surface area contributed by atoms with Crippen molar-refractivity contribution < 1.29 is 0 Å². The molecule has 0 N–H and O–H groups in total. The number of aromatic nitrogens is 2. The quantitative estimate of drug-likeness (QED) is 0.552. The molecular weight excluding hydrogens is 136 g/mol. The summed E-state index contributed by atoms with van der Waals surface area (Å²) in [5.74, 6) is 0. The number of hydrogen-bond donors (Lipinski definition) is 0. The molecule has 0 aromatic carbocycles. The van der Waals surface area contributed by atoms with Crippen molar-refractivity contribution in [2.24, 2.45) is 0 Å². The summed E-state index contributed by atoms with van der Waals surface area (Å²) in [7, 11) is 0. The number of allylic oxidation sites excluding steroid dienone is 3. The predicted octanol–water partition coefficient (Wildman–Crippen LogP) is 1.60. The number of nitrogens with zero attached hydrogens (tertiary/aromatic N) is 2. The average Bonchev–Trinajstić information content (AvgIpc) is 2.28. The summed E-state index contributed by atoms with van der Waals surface area (Å²) in [6.07, 6.45) is 12.8. The van der Waals surface area contributed by atoms with Crippen molar-refractivity contribution in [2.75, 3.05) is 0 Å². The van der Waals surface area contributed by atoms with Crippen molar-refractivity contribution >= 4 is 6.08 Å². The molecular formula is C9H8N2. The smallest absolute Gasteiger partial charge is 0.0571 e. The maximum atomic E-state index is 3.82. The van der Waals surface area contributed by atoms with Gasteiger partial charge in [0.05, 0.1) is 12.4 Å². The van der Waals surface area contributed by atoms with Gasteiger partial charge in [-0.1, -0.05) is 24.3 Å². The zero-order valence-corrected chi connectivity index (χ0v) is 6.07. The molecule has 54 valence electrons. The Bertz CT molecular complexity index is 313. The van der Waals surface area contributed by atoms with Crippen molar-refractivity contribution in [3.05, 3.63) is 41.7 Å². The summed E-state index contributed by atoms with van der Waals surface area (Å²) in [4.78, 5) is 0. The molecule has 2 rings (SSSR count). The van der Waals surface area contributed by atoms with Gasteiger partial charge in [0.15, 0.2) is 0 Å². The molecule has 1 heterocycles. The number of rotatable bonds is 0. The molecule has 11 heavy (non-hydrogen) atoms. The van der Waals surface area contributed by atoms with E-state index < -0.39 is 0 Å². The van der Waals surface area contributed by atoms with E-state index in [1.165, 1.54) is 11.1 Å². The second kappa shape index (κ2) is 2.66. The Hall–Kier alpha value is -1.44. The van der Waals surface area contributed by atoms with Gasteiger partial charge in [0.25, 0.3) is 0 Å². The highest BCUT2D eigenvalue weighted by Crippen LogP contribution is 2.11. The van der Waals surface area contributed by atoms with Crippen molar-refractivity contribution in [3.8, 4) is 0 Å². The van der Waals surface area contributed by atoms with Crippen LogP contribution in [0.25, 0.3) is 6.08 Å². The van der Waals surface area contributed by atoms with Crippen LogP contribution >= 0.6 is 0 Å². The summed E-state index contributed by atoms with van der Waals surface area (Å²) in [5.41, 5.74) is 2.41. The minimum atomic E-state index is 0.956. The van der Waals surface area contributed by atoms with Crippen LogP contribution in [0.2, 0.25) is 0 Å². The third-order valence-electron chi connectivity index (χ3n) is 1.71. The standard InChI is InChI=1S/C9H8N2/c1-2-4-8-6-10-11-7-9(8)5-3-1/h1-4,6-7H,5H2. The highest BCUT2D eigenvalue weighted by atomic mass is 15.1. The van der Waals surface area contributed by atoms with Crippen molar-refractivity contribution in [1.29, 1.82) is 0 Å². The maximum absolute atomic E-state index is 3.82. The van der Waals surface area contributed by atoms with Gasteiger partial charge >= 0.3 is 0 Å². The molecule has 2 heteroatoms. The maximum Gasteiger partial charge on any atom is 0.0571 e. The summed E-state index contributed by atoms with van der Waals surface area (Å²) in [5, 5.41) is 7.63. The Kier molecular flexibility index (Phi) is 1.52. The van der Waals surface area contributed by atoms with Gasteiger partial charge < -0.3 is 0 Å². The van der Waals surface area contributed by atoms with Crippen LogP contribution in [0.5, 0.6) is 0 Å². The SMILES string of the molecule is C1=CCc2cnncc2C=C1. The Labute approximate surface area is 65.3 Å². The number of hydrogen-bond acceptors (Lipinski definition) is 2. The van der Waals surface area contributed by atoms with E-state index in [1.54, 1.807) is 6.20 Å². The van der Waals surface area contributed by atoms with E-state index in [4.69, 9.17) is 0 Å². The first-order chi connectivity index (χ1) is 5.47. The summed E-state index contributed by atoms with van der Waals surface area (Å²) in [6, 6.07) is 0. The van der Waals surface area contributed by atoms with Crippen LogP contribution in [0.1, 0.15) is 11.1 Å². The zero-order valence-electron chi connectivity index (χ0n) is 6.07. The lowest BCUT2D eigenvalue weighted by Gasteiger charge is -1.97. The van der Waals surface area contributed by atoms with Crippen LogP contribution in [-0.4, -0.2) is 10.2 Å². The first-order valence-electron chi connectivity index (χ1n) is 3.59. The normalized spacial score (nSPS) is 14.2. The Morgan fingerprint density at radius 1 is 1.09 bits per heavy atom. The topological polar surface area (TPSA) is 25.8 Å². The molecule has 1 aromatic rings. The van der Waals surface area contributed by atoms with Gasteiger partial charge in [-0.3, -0.25) is 0 Å². The molecule has 1 aliphatic carbocycles. The van der Waals surface area contributed by atoms with E-state index in [0.29, 0.717) is 0 Å². The van der Waals surface area contributed by atoms with Crippen molar-refractivity contribution in [3.63, 3.8) is 0 Å². The van der Waals surface area contributed by atoms with Gasteiger partial charge in [0, 0.05) is 0 Å². The van der Waals surface area contributed by atoms with E-state index in [-0.39, 0.29) is 0 Å². The molecule has 0 fully saturated rings. The number of fused-ring (bicyclic) bond motifs is 1. The molecule has 0 unspecified atom stereocenters. The zero-order chi connectivity index (χ0) is 7.52. The van der Waals surface area contributed by atoms with Crippen LogP contribution < -0.4 is 0 Å². The molecule has 0 saturated carbocycles. The van der Waals surface area contributed by atoms with Crippen LogP contribution in [0.3, 0.4) is 0 Å². The van der Waals surface area contributed by atoms with Crippen molar-refractivity contribution in [2.45, 2.75) is 6.42 Å². The monoisotopic (exact) mass is 144 g/mol. The molecule has 2 nitrogen and oxygen atoms in total.